The third kappa shape index (κ3) is 1.45. The quantitative estimate of drug-likeness (QED) is 0.625. The SMILES string of the molecule is C[C@@H]1Oc2ccccc2N=C1N(C)C. The molecule has 0 aliphatic carbocycles. The van der Waals surface area contributed by atoms with Gasteiger partial charge in [0, 0.05) is 14.1 Å². The Labute approximate surface area is 84.0 Å². The van der Waals surface area contributed by atoms with E-state index in [-0.39, 0.29) is 6.10 Å². The third-order valence-electron chi connectivity index (χ3n) is 2.23. The summed E-state index contributed by atoms with van der Waals surface area (Å²) in [5, 5.41) is 0. The van der Waals surface area contributed by atoms with Crippen LogP contribution in [0.15, 0.2) is 29.3 Å². The number of nitrogens with zero attached hydrogens (tertiary/aromatic N) is 2. The second-order valence-corrected chi connectivity index (χ2v) is 3.59. The van der Waals surface area contributed by atoms with E-state index < -0.39 is 0 Å². The maximum absolute atomic E-state index is 5.73. The van der Waals surface area contributed by atoms with Gasteiger partial charge in [-0.3, -0.25) is 0 Å². The topological polar surface area (TPSA) is 24.8 Å². The third-order valence-corrected chi connectivity index (χ3v) is 2.23. The predicted molar refractivity (Wildman–Crippen MR) is 57.3 cm³/mol. The number of benzene rings is 1. The number of fused-ring (bicyclic) bond motifs is 1. The second-order valence-electron chi connectivity index (χ2n) is 3.59. The molecule has 0 saturated heterocycles. The van der Waals surface area contributed by atoms with Crippen LogP contribution < -0.4 is 4.74 Å². The molecule has 0 amide bonds. The van der Waals surface area contributed by atoms with Crippen LogP contribution in [0.2, 0.25) is 0 Å². The molecule has 74 valence electrons. The maximum Gasteiger partial charge on any atom is 0.153 e. The first-order chi connectivity index (χ1) is 6.68. The largest absolute Gasteiger partial charge is 0.481 e. The first kappa shape index (κ1) is 9.06. The zero-order valence-corrected chi connectivity index (χ0v) is 8.69. The highest BCUT2D eigenvalue weighted by atomic mass is 16.5. The second kappa shape index (κ2) is 3.33. The molecule has 1 aliphatic heterocycles. The summed E-state index contributed by atoms with van der Waals surface area (Å²) >= 11 is 0. The molecule has 1 heterocycles. The predicted octanol–water partition coefficient (Wildman–Crippen LogP) is 2.06. The number of likely N-dealkylation sites (N-methyl/N-ethyl adjacent to an activating group) is 1. The van der Waals surface area contributed by atoms with Gasteiger partial charge < -0.3 is 9.64 Å². The summed E-state index contributed by atoms with van der Waals surface area (Å²) < 4.78 is 5.73. The van der Waals surface area contributed by atoms with E-state index in [1.54, 1.807) is 0 Å². The minimum atomic E-state index is 0.0277. The van der Waals surface area contributed by atoms with Gasteiger partial charge >= 0.3 is 0 Å². The fraction of sp³-hybridized carbons (Fsp3) is 0.364. The number of ether oxygens (including phenoxy) is 1. The van der Waals surface area contributed by atoms with Gasteiger partial charge in [-0.15, -0.1) is 0 Å². The molecule has 0 bridgehead atoms. The Hall–Kier alpha value is -1.51. The van der Waals surface area contributed by atoms with Crippen molar-refractivity contribution >= 4 is 11.5 Å². The van der Waals surface area contributed by atoms with Crippen molar-refractivity contribution in [2.24, 2.45) is 4.99 Å². The van der Waals surface area contributed by atoms with Gasteiger partial charge in [0.25, 0.3) is 0 Å². The molecule has 3 heteroatoms. The van der Waals surface area contributed by atoms with Crippen LogP contribution in [0, 0.1) is 0 Å². The molecule has 0 unspecified atom stereocenters. The Morgan fingerprint density at radius 1 is 1.29 bits per heavy atom. The number of amidine groups is 1. The minimum absolute atomic E-state index is 0.0277. The fourth-order valence-corrected chi connectivity index (χ4v) is 1.57. The summed E-state index contributed by atoms with van der Waals surface area (Å²) in [6.45, 7) is 2.01. The molecule has 3 nitrogen and oxygen atoms in total. The molecular formula is C11H14N2O. The van der Waals surface area contributed by atoms with Crippen LogP contribution >= 0.6 is 0 Å². The van der Waals surface area contributed by atoms with Crippen molar-refractivity contribution in [2.45, 2.75) is 13.0 Å². The van der Waals surface area contributed by atoms with E-state index in [9.17, 15) is 0 Å². The summed E-state index contributed by atoms with van der Waals surface area (Å²) in [5.74, 6) is 1.83. The maximum atomic E-state index is 5.73. The van der Waals surface area contributed by atoms with Crippen molar-refractivity contribution in [3.63, 3.8) is 0 Å². The highest BCUT2D eigenvalue weighted by molar-refractivity contribution is 5.90. The molecule has 1 aliphatic rings. The molecule has 0 spiro atoms. The summed E-state index contributed by atoms with van der Waals surface area (Å²) in [5.41, 5.74) is 0.911. The molecular weight excluding hydrogens is 176 g/mol. The van der Waals surface area contributed by atoms with Crippen LogP contribution in [0.3, 0.4) is 0 Å². The average Bonchev–Trinajstić information content (AvgIpc) is 2.16. The molecule has 0 fully saturated rings. The van der Waals surface area contributed by atoms with Crippen molar-refractivity contribution in [3.05, 3.63) is 24.3 Å². The minimum Gasteiger partial charge on any atom is -0.481 e. The summed E-state index contributed by atoms with van der Waals surface area (Å²) in [6, 6.07) is 7.84. The Bertz CT molecular complexity index is 371. The highest BCUT2D eigenvalue weighted by Crippen LogP contribution is 2.31. The zero-order chi connectivity index (χ0) is 10.1. The van der Waals surface area contributed by atoms with E-state index in [2.05, 4.69) is 4.99 Å². The van der Waals surface area contributed by atoms with Crippen LogP contribution in [0.4, 0.5) is 5.69 Å². The van der Waals surface area contributed by atoms with Crippen molar-refractivity contribution in [1.29, 1.82) is 0 Å². The van der Waals surface area contributed by atoms with Gasteiger partial charge in [0.05, 0.1) is 0 Å². The Kier molecular flexibility index (Phi) is 2.15. The van der Waals surface area contributed by atoms with E-state index in [1.165, 1.54) is 0 Å². The Morgan fingerprint density at radius 3 is 2.71 bits per heavy atom. The molecule has 0 saturated carbocycles. The molecule has 1 aromatic carbocycles. The lowest BCUT2D eigenvalue weighted by Crippen LogP contribution is -2.37. The van der Waals surface area contributed by atoms with Gasteiger partial charge in [0.15, 0.2) is 6.10 Å². The summed E-state index contributed by atoms with van der Waals surface area (Å²) in [6.07, 6.45) is 0.0277. The smallest absolute Gasteiger partial charge is 0.153 e. The lowest BCUT2D eigenvalue weighted by atomic mass is 10.2. The van der Waals surface area contributed by atoms with Gasteiger partial charge in [0.2, 0.25) is 0 Å². The van der Waals surface area contributed by atoms with Crippen molar-refractivity contribution in [3.8, 4) is 5.75 Å². The van der Waals surface area contributed by atoms with Crippen LogP contribution in [0.25, 0.3) is 0 Å². The van der Waals surface area contributed by atoms with Crippen LogP contribution in [0.5, 0.6) is 5.75 Å². The van der Waals surface area contributed by atoms with E-state index in [0.717, 1.165) is 17.3 Å². The molecule has 1 atom stereocenters. The summed E-state index contributed by atoms with van der Waals surface area (Å²) in [7, 11) is 3.96. The number of hydrogen-bond acceptors (Lipinski definition) is 3. The Morgan fingerprint density at radius 2 is 2.00 bits per heavy atom. The van der Waals surface area contributed by atoms with Crippen molar-refractivity contribution in [1.82, 2.24) is 4.90 Å². The number of rotatable bonds is 0. The van der Waals surface area contributed by atoms with Crippen LogP contribution in [-0.4, -0.2) is 30.9 Å². The standard InChI is InChI=1S/C11H14N2O/c1-8-11(13(2)3)12-9-6-4-5-7-10(9)14-8/h4-8H,1-3H3/t8-/m0/s1. The lowest BCUT2D eigenvalue weighted by molar-refractivity contribution is 0.266. The Balaban J connectivity index is 2.44. The van der Waals surface area contributed by atoms with Crippen LogP contribution in [0.1, 0.15) is 6.92 Å². The van der Waals surface area contributed by atoms with Gasteiger partial charge in [0.1, 0.15) is 17.3 Å². The summed E-state index contributed by atoms with van der Waals surface area (Å²) in [4.78, 5) is 6.53. The monoisotopic (exact) mass is 190 g/mol. The first-order valence-electron chi connectivity index (χ1n) is 4.70. The molecule has 2 rings (SSSR count). The van der Waals surface area contributed by atoms with E-state index in [0.29, 0.717) is 0 Å². The van der Waals surface area contributed by atoms with Gasteiger partial charge in [-0.25, -0.2) is 4.99 Å². The normalized spacial score (nSPS) is 19.4. The van der Waals surface area contributed by atoms with Crippen LogP contribution in [-0.2, 0) is 0 Å². The number of hydrogen-bond donors (Lipinski definition) is 0. The van der Waals surface area contributed by atoms with E-state index >= 15 is 0 Å². The highest BCUT2D eigenvalue weighted by Gasteiger charge is 2.21. The van der Waals surface area contributed by atoms with Crippen molar-refractivity contribution < 1.29 is 4.74 Å². The molecule has 0 radical (unpaired) electrons. The molecule has 1 aromatic rings. The van der Waals surface area contributed by atoms with E-state index in [1.807, 2.05) is 50.2 Å². The first-order valence-corrected chi connectivity index (χ1v) is 4.70. The fourth-order valence-electron chi connectivity index (χ4n) is 1.57. The average molecular weight is 190 g/mol. The van der Waals surface area contributed by atoms with Crippen molar-refractivity contribution in [2.75, 3.05) is 14.1 Å². The van der Waals surface area contributed by atoms with Gasteiger partial charge in [-0.05, 0) is 19.1 Å². The van der Waals surface area contributed by atoms with Gasteiger partial charge in [-0.1, -0.05) is 12.1 Å². The molecule has 14 heavy (non-hydrogen) atoms. The number of aliphatic imine (C=N–C) groups is 1. The molecule has 0 N–H and O–H groups in total. The zero-order valence-electron chi connectivity index (χ0n) is 8.69. The lowest BCUT2D eigenvalue weighted by Gasteiger charge is -2.27. The molecule has 0 aromatic heterocycles. The van der Waals surface area contributed by atoms with Gasteiger partial charge in [-0.2, -0.15) is 0 Å². The van der Waals surface area contributed by atoms with E-state index in [4.69, 9.17) is 4.74 Å². The number of para-hydroxylation sites is 2.